The van der Waals surface area contributed by atoms with Crippen molar-refractivity contribution in [2.45, 2.75) is 26.2 Å². The molecule has 0 N–H and O–H groups in total. The van der Waals surface area contributed by atoms with E-state index in [0.29, 0.717) is 6.42 Å². The summed E-state index contributed by atoms with van der Waals surface area (Å²) in [7, 11) is 0. The number of carbonyl (C=O) groups is 1. The van der Waals surface area contributed by atoms with Crippen molar-refractivity contribution < 1.29 is 9.72 Å². The molecule has 4 nitrogen and oxygen atoms in total. The number of carbonyl (C=O) groups excluding carboxylic acids is 1. The second kappa shape index (κ2) is 6.13. The molecule has 1 aromatic rings. The quantitative estimate of drug-likeness (QED) is 0.562. The first-order valence-electron chi connectivity index (χ1n) is 5.70. The summed E-state index contributed by atoms with van der Waals surface area (Å²) in [6, 6.07) is 8.97. The third-order valence-corrected chi connectivity index (χ3v) is 2.53. The maximum Gasteiger partial charge on any atom is 0.217 e. The number of rotatable bonds is 6. The first-order valence-corrected chi connectivity index (χ1v) is 5.70. The van der Waals surface area contributed by atoms with E-state index in [1.54, 1.807) is 24.3 Å². The molecule has 0 saturated heterocycles. The highest BCUT2D eigenvalue weighted by molar-refractivity contribution is 5.86. The third-order valence-electron chi connectivity index (χ3n) is 2.53. The number of ketones is 1. The topological polar surface area (TPSA) is 60.2 Å². The highest BCUT2D eigenvalue weighted by atomic mass is 16.6. The van der Waals surface area contributed by atoms with Crippen molar-refractivity contribution in [3.8, 4) is 0 Å². The van der Waals surface area contributed by atoms with E-state index >= 15 is 0 Å². The standard InChI is InChI=1S/C13H17NO3/c1-10(2)8-13(15)12(9-14(16)17)11-6-4-3-5-7-11/h3-7,10,12H,8-9H2,1-2H3. The van der Waals surface area contributed by atoms with Crippen LogP contribution < -0.4 is 0 Å². The molecule has 1 atom stereocenters. The van der Waals surface area contributed by atoms with Crippen molar-refractivity contribution in [2.24, 2.45) is 5.92 Å². The molecule has 0 fully saturated rings. The van der Waals surface area contributed by atoms with Crippen LogP contribution in [0.2, 0.25) is 0 Å². The maximum absolute atomic E-state index is 12.0. The highest BCUT2D eigenvalue weighted by Crippen LogP contribution is 2.20. The predicted molar refractivity (Wildman–Crippen MR) is 65.5 cm³/mol. The van der Waals surface area contributed by atoms with Gasteiger partial charge in [-0.3, -0.25) is 14.9 Å². The monoisotopic (exact) mass is 235 g/mol. The summed E-state index contributed by atoms with van der Waals surface area (Å²) in [6.07, 6.45) is 0.382. The SMILES string of the molecule is CC(C)CC(=O)C(C[N+](=O)[O-])c1ccccc1. The van der Waals surface area contributed by atoms with Gasteiger partial charge in [0.05, 0.1) is 0 Å². The Balaban J connectivity index is 2.88. The Morgan fingerprint density at radius 1 is 1.29 bits per heavy atom. The minimum absolute atomic E-state index is 0.0529. The normalized spacial score (nSPS) is 12.4. The Morgan fingerprint density at radius 3 is 2.35 bits per heavy atom. The van der Waals surface area contributed by atoms with Crippen LogP contribution in [-0.2, 0) is 4.79 Å². The Bertz CT molecular complexity index is 387. The molecule has 0 spiro atoms. The van der Waals surface area contributed by atoms with E-state index in [-0.39, 0.29) is 18.2 Å². The number of benzene rings is 1. The number of nitrogens with zero attached hydrogens (tertiary/aromatic N) is 1. The van der Waals surface area contributed by atoms with E-state index < -0.39 is 10.8 Å². The van der Waals surface area contributed by atoms with Crippen LogP contribution >= 0.6 is 0 Å². The lowest BCUT2D eigenvalue weighted by Crippen LogP contribution is -2.22. The van der Waals surface area contributed by atoms with Crippen LogP contribution in [-0.4, -0.2) is 17.3 Å². The summed E-state index contributed by atoms with van der Waals surface area (Å²) in [5, 5.41) is 10.6. The van der Waals surface area contributed by atoms with Crippen molar-refractivity contribution in [3.05, 3.63) is 46.0 Å². The molecule has 1 unspecified atom stereocenters. The summed E-state index contributed by atoms with van der Waals surface area (Å²) in [5.41, 5.74) is 0.731. The van der Waals surface area contributed by atoms with Gasteiger partial charge in [0, 0.05) is 11.3 Å². The summed E-state index contributed by atoms with van der Waals surface area (Å²) < 4.78 is 0. The van der Waals surface area contributed by atoms with E-state index in [1.165, 1.54) is 0 Å². The molecule has 1 rings (SSSR count). The van der Waals surface area contributed by atoms with E-state index in [0.717, 1.165) is 5.56 Å². The average molecular weight is 235 g/mol. The molecule has 0 aromatic heterocycles. The molecule has 1 aromatic carbocycles. The Hall–Kier alpha value is -1.71. The maximum atomic E-state index is 12.0. The van der Waals surface area contributed by atoms with Crippen molar-refractivity contribution in [1.29, 1.82) is 0 Å². The summed E-state index contributed by atoms with van der Waals surface area (Å²) in [5.74, 6) is -0.447. The van der Waals surface area contributed by atoms with Crippen LogP contribution in [0.5, 0.6) is 0 Å². The molecule has 0 radical (unpaired) electrons. The number of hydrogen-bond donors (Lipinski definition) is 0. The first-order chi connectivity index (χ1) is 8.00. The van der Waals surface area contributed by atoms with Crippen LogP contribution in [0.1, 0.15) is 31.7 Å². The van der Waals surface area contributed by atoms with Crippen LogP contribution in [0.25, 0.3) is 0 Å². The lowest BCUT2D eigenvalue weighted by molar-refractivity contribution is -0.481. The number of hydrogen-bond acceptors (Lipinski definition) is 3. The van der Waals surface area contributed by atoms with Gasteiger partial charge < -0.3 is 0 Å². The zero-order valence-electron chi connectivity index (χ0n) is 10.1. The zero-order chi connectivity index (χ0) is 12.8. The average Bonchev–Trinajstić information content (AvgIpc) is 2.25. The predicted octanol–water partition coefficient (Wildman–Crippen LogP) is 2.66. The Morgan fingerprint density at radius 2 is 1.88 bits per heavy atom. The molecule has 0 saturated carbocycles. The molecule has 0 aliphatic carbocycles. The van der Waals surface area contributed by atoms with Gasteiger partial charge in [0.1, 0.15) is 11.7 Å². The molecular formula is C13H17NO3. The first kappa shape index (κ1) is 13.4. The molecule has 0 aliphatic rings. The van der Waals surface area contributed by atoms with E-state index in [9.17, 15) is 14.9 Å². The molecule has 92 valence electrons. The van der Waals surface area contributed by atoms with Crippen LogP contribution in [0.4, 0.5) is 0 Å². The fourth-order valence-corrected chi connectivity index (χ4v) is 1.77. The van der Waals surface area contributed by atoms with Crippen molar-refractivity contribution in [1.82, 2.24) is 0 Å². The second-order valence-electron chi connectivity index (χ2n) is 4.54. The van der Waals surface area contributed by atoms with Crippen LogP contribution in [0, 0.1) is 16.0 Å². The minimum atomic E-state index is -0.617. The molecule has 0 heterocycles. The molecule has 0 aliphatic heterocycles. The Kier molecular flexibility index (Phi) is 4.82. The van der Waals surface area contributed by atoms with Gasteiger partial charge in [0.25, 0.3) is 0 Å². The van der Waals surface area contributed by atoms with E-state index in [4.69, 9.17) is 0 Å². The van der Waals surface area contributed by atoms with Gasteiger partial charge in [-0.1, -0.05) is 44.2 Å². The minimum Gasteiger partial charge on any atom is -0.299 e. The van der Waals surface area contributed by atoms with Crippen molar-refractivity contribution >= 4 is 5.78 Å². The lowest BCUT2D eigenvalue weighted by atomic mass is 9.90. The largest absolute Gasteiger partial charge is 0.299 e. The molecule has 17 heavy (non-hydrogen) atoms. The van der Waals surface area contributed by atoms with Crippen molar-refractivity contribution in [3.63, 3.8) is 0 Å². The smallest absolute Gasteiger partial charge is 0.217 e. The summed E-state index contributed by atoms with van der Waals surface area (Å²) in [6.45, 7) is 3.55. The highest BCUT2D eigenvalue weighted by Gasteiger charge is 2.25. The van der Waals surface area contributed by atoms with Gasteiger partial charge in [-0.25, -0.2) is 0 Å². The van der Waals surface area contributed by atoms with Gasteiger partial charge in [-0.05, 0) is 11.5 Å². The molecule has 4 heteroatoms. The third kappa shape index (κ3) is 4.34. The summed E-state index contributed by atoms with van der Waals surface area (Å²) >= 11 is 0. The van der Waals surface area contributed by atoms with E-state index in [2.05, 4.69) is 0 Å². The van der Waals surface area contributed by atoms with Crippen LogP contribution in [0.15, 0.2) is 30.3 Å². The van der Waals surface area contributed by atoms with Gasteiger partial charge in [0.15, 0.2) is 0 Å². The van der Waals surface area contributed by atoms with Gasteiger partial charge in [0.2, 0.25) is 6.54 Å². The second-order valence-corrected chi connectivity index (χ2v) is 4.54. The van der Waals surface area contributed by atoms with Gasteiger partial charge in [-0.15, -0.1) is 0 Å². The summed E-state index contributed by atoms with van der Waals surface area (Å²) in [4.78, 5) is 22.2. The molecule has 0 bridgehead atoms. The number of nitro groups is 1. The van der Waals surface area contributed by atoms with Crippen LogP contribution in [0.3, 0.4) is 0 Å². The fraction of sp³-hybridized carbons (Fsp3) is 0.462. The Labute approximate surface area is 101 Å². The zero-order valence-corrected chi connectivity index (χ0v) is 10.1. The van der Waals surface area contributed by atoms with Gasteiger partial charge in [-0.2, -0.15) is 0 Å². The van der Waals surface area contributed by atoms with Crippen molar-refractivity contribution in [2.75, 3.05) is 6.54 Å². The lowest BCUT2D eigenvalue weighted by Gasteiger charge is -2.13. The number of Topliss-reactive ketones (excluding diaryl/α,β-unsaturated/α-hetero) is 1. The molecule has 0 amide bonds. The molecular weight excluding hydrogens is 218 g/mol. The fourth-order valence-electron chi connectivity index (χ4n) is 1.77. The van der Waals surface area contributed by atoms with Gasteiger partial charge >= 0.3 is 0 Å². The van der Waals surface area contributed by atoms with E-state index in [1.807, 2.05) is 19.9 Å².